The lowest BCUT2D eigenvalue weighted by atomic mass is 10.1. The second-order valence-corrected chi connectivity index (χ2v) is 2.46. The van der Waals surface area contributed by atoms with E-state index in [1.165, 1.54) is 12.1 Å². The Morgan fingerprint density at radius 1 is 1.33 bits per heavy atom. The normalized spacial score (nSPS) is 11.6. The Balaban J connectivity index is 3.03. The Morgan fingerprint density at radius 3 is 2.50 bits per heavy atom. The molecule has 4 heteroatoms. The van der Waals surface area contributed by atoms with Crippen molar-refractivity contribution in [2.75, 3.05) is 12.4 Å². The molecule has 0 saturated heterocycles. The number of rotatable bonds is 2. The first kappa shape index (κ1) is 8.90. The molecule has 0 aliphatic carbocycles. The summed E-state index contributed by atoms with van der Waals surface area (Å²) in [4.78, 5) is 0. The van der Waals surface area contributed by atoms with Crippen LogP contribution in [0.2, 0.25) is 0 Å². The first-order valence-corrected chi connectivity index (χ1v) is 3.36. The van der Waals surface area contributed by atoms with Crippen molar-refractivity contribution < 1.29 is 13.2 Å². The first-order chi connectivity index (χ1) is 5.56. The van der Waals surface area contributed by atoms with Gasteiger partial charge in [-0.1, -0.05) is 12.1 Å². The first-order valence-electron chi connectivity index (χ1n) is 3.36. The Labute approximate surface area is 68.0 Å². The van der Waals surface area contributed by atoms with Crippen LogP contribution in [0.25, 0.3) is 0 Å². The summed E-state index contributed by atoms with van der Waals surface area (Å²) in [6.45, 7) is -1.70. The van der Waals surface area contributed by atoms with Crippen molar-refractivity contribution in [2.24, 2.45) is 0 Å². The molecule has 1 nitrogen and oxygen atoms in total. The molecule has 1 aromatic carbocycles. The lowest BCUT2D eigenvalue weighted by molar-refractivity contribution is -0.0280. The summed E-state index contributed by atoms with van der Waals surface area (Å²) in [5, 5.41) is 0. The van der Waals surface area contributed by atoms with Crippen LogP contribution >= 0.6 is 0 Å². The maximum Gasteiger partial charge on any atom is 0.301 e. The Morgan fingerprint density at radius 2 is 2.00 bits per heavy atom. The van der Waals surface area contributed by atoms with Crippen LogP contribution in [0.4, 0.5) is 18.9 Å². The van der Waals surface area contributed by atoms with Crippen LogP contribution < -0.4 is 5.73 Å². The quantitative estimate of drug-likeness (QED) is 0.686. The molecule has 12 heavy (non-hydrogen) atoms. The topological polar surface area (TPSA) is 26.0 Å². The van der Waals surface area contributed by atoms with Gasteiger partial charge in [0, 0.05) is 11.3 Å². The Hall–Kier alpha value is -1.19. The summed E-state index contributed by atoms with van der Waals surface area (Å²) in [7, 11) is 0. The van der Waals surface area contributed by atoms with Gasteiger partial charge in [-0.3, -0.25) is 0 Å². The van der Waals surface area contributed by atoms with Gasteiger partial charge in [0.25, 0.3) is 0 Å². The largest absolute Gasteiger partial charge is 0.399 e. The Bertz CT molecular complexity index is 273. The van der Waals surface area contributed by atoms with Crippen LogP contribution in [0.15, 0.2) is 24.3 Å². The van der Waals surface area contributed by atoms with E-state index in [1.54, 1.807) is 0 Å². The highest BCUT2D eigenvalue weighted by Crippen LogP contribution is 2.29. The zero-order chi connectivity index (χ0) is 9.19. The third-order valence-corrected chi connectivity index (χ3v) is 1.48. The lowest BCUT2D eigenvalue weighted by Crippen LogP contribution is -2.15. The van der Waals surface area contributed by atoms with Crippen molar-refractivity contribution in [2.45, 2.75) is 5.92 Å². The van der Waals surface area contributed by atoms with Crippen molar-refractivity contribution in [3.05, 3.63) is 29.8 Å². The third kappa shape index (κ3) is 1.69. The van der Waals surface area contributed by atoms with Crippen LogP contribution in [0, 0.1) is 0 Å². The fourth-order valence-electron chi connectivity index (χ4n) is 0.843. The molecule has 0 radical (unpaired) electrons. The number of hydrogen-bond donors (Lipinski definition) is 1. The van der Waals surface area contributed by atoms with E-state index in [0.29, 0.717) is 0 Å². The van der Waals surface area contributed by atoms with Gasteiger partial charge in [0.2, 0.25) is 0 Å². The minimum atomic E-state index is -3.42. The third-order valence-electron chi connectivity index (χ3n) is 1.48. The van der Waals surface area contributed by atoms with Crippen molar-refractivity contribution in [3.8, 4) is 0 Å². The number of anilines is 1. The second kappa shape index (κ2) is 3.05. The van der Waals surface area contributed by atoms with E-state index in [4.69, 9.17) is 5.73 Å². The molecule has 0 atom stereocenters. The fraction of sp³-hybridized carbons (Fsp3) is 0.250. The minimum absolute atomic E-state index is 0.209. The van der Waals surface area contributed by atoms with Gasteiger partial charge < -0.3 is 5.73 Å². The highest BCUT2D eigenvalue weighted by molar-refractivity contribution is 5.42. The summed E-state index contributed by atoms with van der Waals surface area (Å²) in [5.41, 5.74) is 5.08. The highest BCUT2D eigenvalue weighted by atomic mass is 19.3. The maximum absolute atomic E-state index is 12.6. The molecule has 0 aromatic heterocycles. The molecule has 66 valence electrons. The summed E-state index contributed by atoms with van der Waals surface area (Å²) in [5.74, 6) is -3.42. The number of hydrogen-bond acceptors (Lipinski definition) is 1. The number of nitrogens with two attached hydrogens (primary N) is 1. The van der Waals surface area contributed by atoms with E-state index in [1.807, 2.05) is 0 Å². The average molecular weight is 175 g/mol. The summed E-state index contributed by atoms with van der Waals surface area (Å²) in [6.07, 6.45) is 0. The van der Waals surface area contributed by atoms with E-state index < -0.39 is 12.6 Å². The smallest absolute Gasteiger partial charge is 0.301 e. The predicted molar refractivity (Wildman–Crippen MR) is 40.7 cm³/mol. The van der Waals surface area contributed by atoms with E-state index in [2.05, 4.69) is 0 Å². The predicted octanol–water partition coefficient (Wildman–Crippen LogP) is 2.33. The number of benzene rings is 1. The molecule has 0 heterocycles. The molecule has 1 aromatic rings. The van der Waals surface area contributed by atoms with Crippen LogP contribution in [-0.2, 0) is 5.92 Å². The van der Waals surface area contributed by atoms with Gasteiger partial charge in [0.1, 0.15) is 0 Å². The zero-order valence-corrected chi connectivity index (χ0v) is 6.23. The van der Waals surface area contributed by atoms with Gasteiger partial charge in [0.05, 0.1) is 0 Å². The van der Waals surface area contributed by atoms with Crippen LogP contribution in [0.1, 0.15) is 5.56 Å². The molecular weight excluding hydrogens is 167 g/mol. The van der Waals surface area contributed by atoms with E-state index in [9.17, 15) is 13.2 Å². The molecule has 0 bridgehead atoms. The van der Waals surface area contributed by atoms with Gasteiger partial charge >= 0.3 is 5.92 Å². The summed E-state index contributed by atoms with van der Waals surface area (Å²) < 4.78 is 37.1. The number of nitrogen functional groups attached to an aromatic ring is 1. The number of alkyl halides is 3. The molecule has 2 N–H and O–H groups in total. The Kier molecular flexibility index (Phi) is 2.26. The van der Waals surface area contributed by atoms with E-state index >= 15 is 0 Å². The molecule has 0 fully saturated rings. The van der Waals surface area contributed by atoms with Gasteiger partial charge in [0.15, 0.2) is 6.67 Å². The van der Waals surface area contributed by atoms with Gasteiger partial charge in [-0.15, -0.1) is 0 Å². The molecule has 0 aliphatic heterocycles. The monoisotopic (exact) mass is 175 g/mol. The van der Waals surface area contributed by atoms with Crippen molar-refractivity contribution in [1.29, 1.82) is 0 Å². The molecule has 0 aliphatic rings. The average Bonchev–Trinajstić information content (AvgIpc) is 2.05. The number of halogens is 3. The molecule has 0 amide bonds. The van der Waals surface area contributed by atoms with Crippen LogP contribution in [0.5, 0.6) is 0 Å². The van der Waals surface area contributed by atoms with Crippen molar-refractivity contribution in [3.63, 3.8) is 0 Å². The van der Waals surface area contributed by atoms with Gasteiger partial charge in [-0.2, -0.15) is 8.78 Å². The fourth-order valence-corrected chi connectivity index (χ4v) is 0.843. The van der Waals surface area contributed by atoms with Gasteiger partial charge in [-0.05, 0) is 12.1 Å². The van der Waals surface area contributed by atoms with E-state index in [-0.39, 0.29) is 11.3 Å². The zero-order valence-electron chi connectivity index (χ0n) is 6.23. The highest BCUT2D eigenvalue weighted by Gasteiger charge is 2.31. The second-order valence-electron chi connectivity index (χ2n) is 2.46. The lowest BCUT2D eigenvalue weighted by Gasteiger charge is -2.12. The molecule has 0 spiro atoms. The SMILES string of the molecule is Nc1cccc(C(F)(F)CF)c1. The van der Waals surface area contributed by atoms with Crippen LogP contribution in [0.3, 0.4) is 0 Å². The summed E-state index contributed by atoms with van der Waals surface area (Å²) in [6, 6.07) is 5.06. The molecular formula is C8H8F3N. The molecule has 0 unspecified atom stereocenters. The van der Waals surface area contributed by atoms with Gasteiger partial charge in [-0.25, -0.2) is 4.39 Å². The summed E-state index contributed by atoms with van der Waals surface area (Å²) >= 11 is 0. The van der Waals surface area contributed by atoms with Crippen molar-refractivity contribution >= 4 is 5.69 Å². The minimum Gasteiger partial charge on any atom is -0.399 e. The standard InChI is InChI=1S/C8H8F3N/c9-5-8(10,11)6-2-1-3-7(12)4-6/h1-4H,5,12H2. The maximum atomic E-state index is 12.6. The molecule has 0 saturated carbocycles. The van der Waals surface area contributed by atoms with E-state index in [0.717, 1.165) is 12.1 Å². The molecule has 1 rings (SSSR count). The van der Waals surface area contributed by atoms with Crippen LogP contribution in [-0.4, -0.2) is 6.67 Å². The van der Waals surface area contributed by atoms with Crippen molar-refractivity contribution in [1.82, 2.24) is 0 Å².